The highest BCUT2D eigenvalue weighted by atomic mass is 35.5. The highest BCUT2D eigenvalue weighted by molar-refractivity contribution is 6.32. The van der Waals surface area contributed by atoms with Crippen molar-refractivity contribution in [2.24, 2.45) is 0 Å². The van der Waals surface area contributed by atoms with Gasteiger partial charge in [0, 0.05) is 17.3 Å². The van der Waals surface area contributed by atoms with Gasteiger partial charge in [-0.25, -0.2) is 4.79 Å². The summed E-state index contributed by atoms with van der Waals surface area (Å²) in [6.45, 7) is 3.37. The molecule has 0 aromatic heterocycles. The van der Waals surface area contributed by atoms with Crippen LogP contribution in [0.2, 0.25) is 5.02 Å². The van der Waals surface area contributed by atoms with Crippen molar-refractivity contribution in [2.45, 2.75) is 0 Å². The van der Waals surface area contributed by atoms with Crippen LogP contribution < -0.4 is 10.5 Å². The van der Waals surface area contributed by atoms with E-state index < -0.39 is 5.97 Å². The fraction of sp³-hybridized carbons (Fsp3) is 0. The zero-order chi connectivity index (χ0) is 13.8. The number of esters is 1. The van der Waals surface area contributed by atoms with E-state index >= 15 is 0 Å². The number of hydrogen-bond acceptors (Lipinski definition) is 3. The van der Waals surface area contributed by atoms with Crippen LogP contribution in [0.3, 0.4) is 0 Å². The Morgan fingerprint density at radius 1 is 1.21 bits per heavy atom. The molecule has 0 radical (unpaired) electrons. The van der Waals surface area contributed by atoms with E-state index in [-0.39, 0.29) is 0 Å². The fourth-order valence-electron chi connectivity index (χ4n) is 1.64. The quantitative estimate of drug-likeness (QED) is 0.402. The lowest BCUT2D eigenvalue weighted by atomic mass is 10.0. The molecule has 0 aliphatic rings. The predicted octanol–water partition coefficient (Wildman–Crippen LogP) is 3.68. The molecular weight excluding hydrogens is 262 g/mol. The first kappa shape index (κ1) is 13.2. The zero-order valence-corrected chi connectivity index (χ0v) is 10.9. The normalized spacial score (nSPS) is 9.95. The molecule has 0 saturated carbocycles. The molecule has 0 fully saturated rings. The Balaban J connectivity index is 2.50. The molecule has 2 rings (SSSR count). The lowest BCUT2D eigenvalue weighted by molar-refractivity contribution is -0.128. The van der Waals surface area contributed by atoms with Gasteiger partial charge in [-0.1, -0.05) is 42.4 Å². The van der Waals surface area contributed by atoms with Crippen LogP contribution in [0.1, 0.15) is 0 Å². The van der Waals surface area contributed by atoms with Gasteiger partial charge in [0.2, 0.25) is 0 Å². The van der Waals surface area contributed by atoms with Crippen molar-refractivity contribution in [3.05, 3.63) is 60.1 Å². The van der Waals surface area contributed by atoms with Crippen molar-refractivity contribution in [1.29, 1.82) is 0 Å². The van der Waals surface area contributed by atoms with E-state index in [0.717, 1.165) is 17.2 Å². The minimum atomic E-state index is -0.551. The zero-order valence-electron chi connectivity index (χ0n) is 10.1. The second kappa shape index (κ2) is 5.59. The Hall–Kier alpha value is -2.26. The van der Waals surface area contributed by atoms with E-state index in [1.54, 1.807) is 24.3 Å². The summed E-state index contributed by atoms with van der Waals surface area (Å²) in [7, 11) is 0. The number of benzene rings is 2. The molecule has 0 atom stereocenters. The van der Waals surface area contributed by atoms with Crippen LogP contribution in [0.25, 0.3) is 11.1 Å². The SMILES string of the molecule is C=CC(=O)Oc1c(Cl)cccc1-c1ccc(N)cc1. The smallest absolute Gasteiger partial charge is 0.335 e. The molecule has 96 valence electrons. The Kier molecular flexibility index (Phi) is 3.88. The van der Waals surface area contributed by atoms with Crippen LogP contribution in [0.5, 0.6) is 5.75 Å². The van der Waals surface area contributed by atoms with Crippen LogP contribution in [-0.4, -0.2) is 5.97 Å². The number of anilines is 1. The lowest BCUT2D eigenvalue weighted by Gasteiger charge is -2.11. The number of carbonyl (C=O) groups excluding carboxylic acids is 1. The first-order valence-electron chi connectivity index (χ1n) is 5.60. The molecule has 4 heteroatoms. The van der Waals surface area contributed by atoms with Gasteiger partial charge in [0.1, 0.15) is 0 Å². The summed E-state index contributed by atoms with van der Waals surface area (Å²) < 4.78 is 5.19. The van der Waals surface area contributed by atoms with Gasteiger partial charge in [0.25, 0.3) is 0 Å². The van der Waals surface area contributed by atoms with Crippen LogP contribution >= 0.6 is 11.6 Å². The van der Waals surface area contributed by atoms with Gasteiger partial charge in [-0.15, -0.1) is 0 Å². The molecule has 0 aliphatic carbocycles. The van der Waals surface area contributed by atoms with Crippen LogP contribution in [0, 0.1) is 0 Å². The Morgan fingerprint density at radius 2 is 1.89 bits per heavy atom. The summed E-state index contributed by atoms with van der Waals surface area (Å²) in [5, 5.41) is 0.365. The maximum atomic E-state index is 11.4. The molecule has 2 aromatic rings. The second-order valence-electron chi connectivity index (χ2n) is 3.86. The van der Waals surface area contributed by atoms with Crippen molar-refractivity contribution in [2.75, 3.05) is 5.73 Å². The van der Waals surface area contributed by atoms with E-state index in [9.17, 15) is 4.79 Å². The Morgan fingerprint density at radius 3 is 2.53 bits per heavy atom. The number of halogens is 1. The highest BCUT2D eigenvalue weighted by Gasteiger charge is 2.12. The molecule has 0 saturated heterocycles. The molecule has 3 nitrogen and oxygen atoms in total. The topological polar surface area (TPSA) is 52.3 Å². The summed E-state index contributed by atoms with van der Waals surface area (Å²) in [4.78, 5) is 11.4. The molecule has 0 unspecified atom stereocenters. The van der Waals surface area contributed by atoms with Crippen LogP contribution in [0.4, 0.5) is 5.69 Å². The van der Waals surface area contributed by atoms with Crippen LogP contribution in [0.15, 0.2) is 55.1 Å². The molecule has 0 spiro atoms. The van der Waals surface area contributed by atoms with Gasteiger partial charge < -0.3 is 10.5 Å². The van der Waals surface area contributed by atoms with E-state index in [1.807, 2.05) is 18.2 Å². The number of rotatable bonds is 3. The third kappa shape index (κ3) is 2.95. The summed E-state index contributed by atoms with van der Waals surface area (Å²) in [5.41, 5.74) is 7.90. The summed E-state index contributed by atoms with van der Waals surface area (Å²) >= 11 is 6.08. The number of carbonyl (C=O) groups is 1. The molecule has 0 amide bonds. The average Bonchev–Trinajstić information content (AvgIpc) is 2.42. The third-order valence-electron chi connectivity index (χ3n) is 2.56. The van der Waals surface area contributed by atoms with E-state index in [1.165, 1.54) is 0 Å². The van der Waals surface area contributed by atoms with Crippen molar-refractivity contribution in [3.8, 4) is 16.9 Å². The maximum Gasteiger partial charge on any atom is 0.335 e. The predicted molar refractivity (Wildman–Crippen MR) is 77.1 cm³/mol. The number of nitrogens with two attached hydrogens (primary N) is 1. The van der Waals surface area contributed by atoms with Crippen molar-refractivity contribution < 1.29 is 9.53 Å². The van der Waals surface area contributed by atoms with E-state index in [0.29, 0.717) is 16.5 Å². The standard InChI is InChI=1S/C15H12ClNO2/c1-2-14(18)19-15-12(4-3-5-13(15)16)10-6-8-11(17)9-7-10/h2-9H,1,17H2. The molecule has 0 aliphatic heterocycles. The minimum Gasteiger partial charge on any atom is -0.421 e. The Bertz CT molecular complexity index is 621. The third-order valence-corrected chi connectivity index (χ3v) is 2.86. The first-order valence-corrected chi connectivity index (χ1v) is 5.98. The molecule has 2 aromatic carbocycles. The van der Waals surface area contributed by atoms with Gasteiger partial charge in [0.15, 0.2) is 5.75 Å². The molecular formula is C15H12ClNO2. The molecule has 19 heavy (non-hydrogen) atoms. The van der Waals surface area contributed by atoms with Gasteiger partial charge in [0.05, 0.1) is 5.02 Å². The summed E-state index contributed by atoms with van der Waals surface area (Å²) in [6, 6.07) is 12.5. The van der Waals surface area contributed by atoms with E-state index in [4.69, 9.17) is 22.1 Å². The average molecular weight is 274 g/mol. The molecule has 0 bridgehead atoms. The van der Waals surface area contributed by atoms with Gasteiger partial charge >= 0.3 is 5.97 Å². The second-order valence-corrected chi connectivity index (χ2v) is 4.27. The van der Waals surface area contributed by atoms with Crippen molar-refractivity contribution in [1.82, 2.24) is 0 Å². The number of para-hydroxylation sites is 1. The van der Waals surface area contributed by atoms with Gasteiger partial charge in [-0.3, -0.25) is 0 Å². The van der Waals surface area contributed by atoms with E-state index in [2.05, 4.69) is 6.58 Å². The van der Waals surface area contributed by atoms with Crippen molar-refractivity contribution >= 4 is 23.3 Å². The number of hydrogen-bond donors (Lipinski definition) is 1. The number of nitrogen functional groups attached to an aromatic ring is 1. The monoisotopic (exact) mass is 273 g/mol. The van der Waals surface area contributed by atoms with Crippen molar-refractivity contribution in [3.63, 3.8) is 0 Å². The lowest BCUT2D eigenvalue weighted by Crippen LogP contribution is -2.04. The highest BCUT2D eigenvalue weighted by Crippen LogP contribution is 2.36. The molecule has 0 heterocycles. The van der Waals surface area contributed by atoms with Crippen LogP contribution in [-0.2, 0) is 4.79 Å². The minimum absolute atomic E-state index is 0.318. The molecule has 2 N–H and O–H groups in total. The van der Waals surface area contributed by atoms with Gasteiger partial charge in [-0.05, 0) is 23.8 Å². The summed E-state index contributed by atoms with van der Waals surface area (Å²) in [5.74, 6) is -0.233. The largest absolute Gasteiger partial charge is 0.421 e. The number of ether oxygens (including phenoxy) is 1. The fourth-order valence-corrected chi connectivity index (χ4v) is 1.86. The maximum absolute atomic E-state index is 11.4. The van der Waals surface area contributed by atoms with Gasteiger partial charge in [-0.2, -0.15) is 0 Å². The summed E-state index contributed by atoms with van der Waals surface area (Å²) in [6.07, 6.45) is 1.09. The first-order chi connectivity index (χ1) is 9.11. The Labute approximate surface area is 116 Å².